The minimum Gasteiger partial charge on any atom is -0.506 e. The first-order valence-electron chi connectivity index (χ1n) is 4.05. The molecule has 0 aliphatic heterocycles. The van der Waals surface area contributed by atoms with Gasteiger partial charge in [-0.1, -0.05) is 6.07 Å². The van der Waals surface area contributed by atoms with Crippen LogP contribution in [0.2, 0.25) is 0 Å². The molecule has 0 spiro atoms. The van der Waals surface area contributed by atoms with Gasteiger partial charge in [0.05, 0.1) is 10.0 Å². The molecule has 0 aromatic heterocycles. The molecule has 3 N–H and O–H groups in total. The number of hydrogen-bond donors (Lipinski definition) is 2. The zero-order valence-electron chi connectivity index (χ0n) is 7.30. The van der Waals surface area contributed by atoms with E-state index in [4.69, 9.17) is 5.73 Å². The lowest BCUT2D eigenvalue weighted by Gasteiger charge is -2.17. The minimum absolute atomic E-state index is 0.126. The van der Waals surface area contributed by atoms with Crippen molar-refractivity contribution in [2.75, 3.05) is 6.54 Å². The molecule has 14 heavy (non-hydrogen) atoms. The van der Waals surface area contributed by atoms with Gasteiger partial charge in [-0.25, -0.2) is 8.78 Å². The summed E-state index contributed by atoms with van der Waals surface area (Å²) in [7, 11) is 0. The lowest BCUT2D eigenvalue weighted by Crippen LogP contribution is -2.18. The first-order chi connectivity index (χ1) is 6.49. The van der Waals surface area contributed by atoms with E-state index in [1.807, 2.05) is 0 Å². The third-order valence-corrected chi connectivity index (χ3v) is 2.48. The first kappa shape index (κ1) is 11.4. The molecule has 5 heteroatoms. The number of phenols is 1. The van der Waals surface area contributed by atoms with Gasteiger partial charge in [0, 0.05) is 6.42 Å². The van der Waals surface area contributed by atoms with Gasteiger partial charge in [0.15, 0.2) is 0 Å². The number of rotatable bonds is 3. The highest BCUT2D eigenvalue weighted by atomic mass is 79.9. The predicted octanol–water partition coefficient (Wildman–Crippen LogP) is 2.60. The molecule has 0 fully saturated rings. The Labute approximate surface area is 88.9 Å². The molecule has 0 unspecified atom stereocenters. The molecule has 1 rings (SSSR count). The third-order valence-electron chi connectivity index (χ3n) is 1.84. The summed E-state index contributed by atoms with van der Waals surface area (Å²) >= 11 is 2.98. The van der Waals surface area contributed by atoms with E-state index in [0.717, 1.165) is 0 Å². The Balaban J connectivity index is 3.12. The monoisotopic (exact) mass is 265 g/mol. The van der Waals surface area contributed by atoms with Gasteiger partial charge in [-0.05, 0) is 34.6 Å². The van der Waals surface area contributed by atoms with Crippen molar-refractivity contribution in [1.82, 2.24) is 0 Å². The highest BCUT2D eigenvalue weighted by molar-refractivity contribution is 9.10. The van der Waals surface area contributed by atoms with Crippen molar-refractivity contribution < 1.29 is 13.9 Å². The number of aromatic hydroxyl groups is 1. The van der Waals surface area contributed by atoms with E-state index in [1.165, 1.54) is 18.2 Å². The van der Waals surface area contributed by atoms with Crippen molar-refractivity contribution >= 4 is 15.9 Å². The molecule has 0 saturated heterocycles. The summed E-state index contributed by atoms with van der Waals surface area (Å²) in [4.78, 5) is 0. The number of benzene rings is 1. The van der Waals surface area contributed by atoms with Crippen LogP contribution in [-0.2, 0) is 5.92 Å². The Bertz CT molecular complexity index is 331. The second-order valence-electron chi connectivity index (χ2n) is 2.88. The summed E-state index contributed by atoms with van der Waals surface area (Å²) in [6.45, 7) is -0.126. The third kappa shape index (κ3) is 2.22. The number of hydrogen-bond acceptors (Lipinski definition) is 2. The van der Waals surface area contributed by atoms with Crippen LogP contribution in [0, 0.1) is 0 Å². The highest BCUT2D eigenvalue weighted by Gasteiger charge is 2.33. The topological polar surface area (TPSA) is 46.2 Å². The van der Waals surface area contributed by atoms with Crippen LogP contribution in [0.1, 0.15) is 12.0 Å². The normalized spacial score (nSPS) is 11.7. The molecular weight excluding hydrogens is 256 g/mol. The van der Waals surface area contributed by atoms with E-state index in [2.05, 4.69) is 15.9 Å². The average molecular weight is 266 g/mol. The van der Waals surface area contributed by atoms with Crippen LogP contribution in [0.5, 0.6) is 5.75 Å². The van der Waals surface area contributed by atoms with E-state index < -0.39 is 23.7 Å². The predicted molar refractivity (Wildman–Crippen MR) is 53.4 cm³/mol. The standard InChI is InChI=1S/C9H10BrF2NO/c10-7-3-1-2-6(8(7)14)9(11,12)4-5-13/h1-3,14H,4-5,13H2. The van der Waals surface area contributed by atoms with Gasteiger partial charge < -0.3 is 10.8 Å². The Hall–Kier alpha value is -0.680. The number of para-hydroxylation sites is 1. The molecular formula is C9H10BrF2NO. The first-order valence-corrected chi connectivity index (χ1v) is 4.84. The van der Waals surface area contributed by atoms with E-state index in [-0.39, 0.29) is 11.0 Å². The summed E-state index contributed by atoms with van der Waals surface area (Å²) in [6.07, 6.45) is -0.475. The fourth-order valence-corrected chi connectivity index (χ4v) is 1.49. The highest BCUT2D eigenvalue weighted by Crippen LogP contribution is 2.40. The second-order valence-corrected chi connectivity index (χ2v) is 3.73. The van der Waals surface area contributed by atoms with Crippen LogP contribution in [-0.4, -0.2) is 11.7 Å². The van der Waals surface area contributed by atoms with Crippen molar-refractivity contribution in [2.45, 2.75) is 12.3 Å². The molecule has 0 saturated carbocycles. The maximum atomic E-state index is 13.3. The summed E-state index contributed by atoms with van der Waals surface area (Å²) in [5.41, 5.74) is 4.68. The Kier molecular flexibility index (Phi) is 3.44. The van der Waals surface area contributed by atoms with Gasteiger partial charge >= 0.3 is 0 Å². The maximum absolute atomic E-state index is 13.3. The SMILES string of the molecule is NCCC(F)(F)c1cccc(Br)c1O. The van der Waals surface area contributed by atoms with Crippen molar-refractivity contribution in [3.05, 3.63) is 28.2 Å². The fraction of sp³-hybridized carbons (Fsp3) is 0.333. The second kappa shape index (κ2) is 4.23. The van der Waals surface area contributed by atoms with Crippen LogP contribution in [0.25, 0.3) is 0 Å². The summed E-state index contributed by atoms with van der Waals surface area (Å²) in [5, 5.41) is 9.39. The van der Waals surface area contributed by atoms with E-state index in [9.17, 15) is 13.9 Å². The van der Waals surface area contributed by atoms with Crippen molar-refractivity contribution in [1.29, 1.82) is 0 Å². The fourth-order valence-electron chi connectivity index (χ4n) is 1.13. The lowest BCUT2D eigenvalue weighted by molar-refractivity contribution is -0.0128. The molecule has 0 aliphatic rings. The summed E-state index contributed by atoms with van der Waals surface area (Å²) in [5.74, 6) is -3.51. The number of halogens is 3. The Morgan fingerprint density at radius 2 is 2.07 bits per heavy atom. The van der Waals surface area contributed by atoms with Crippen LogP contribution in [0.15, 0.2) is 22.7 Å². The zero-order valence-corrected chi connectivity index (χ0v) is 8.89. The van der Waals surface area contributed by atoms with E-state index in [1.54, 1.807) is 0 Å². The van der Waals surface area contributed by atoms with Crippen LogP contribution < -0.4 is 5.73 Å². The molecule has 0 radical (unpaired) electrons. The summed E-state index contributed by atoms with van der Waals surface area (Å²) < 4.78 is 26.9. The Morgan fingerprint density at radius 3 is 2.64 bits per heavy atom. The van der Waals surface area contributed by atoms with Crippen molar-refractivity contribution in [3.63, 3.8) is 0 Å². The van der Waals surface area contributed by atoms with E-state index >= 15 is 0 Å². The van der Waals surface area contributed by atoms with E-state index in [0.29, 0.717) is 0 Å². The molecule has 0 aliphatic carbocycles. The molecule has 0 heterocycles. The van der Waals surface area contributed by atoms with Crippen molar-refractivity contribution in [3.8, 4) is 5.75 Å². The van der Waals surface area contributed by atoms with Crippen LogP contribution in [0.4, 0.5) is 8.78 Å². The van der Waals surface area contributed by atoms with Gasteiger partial charge in [0.25, 0.3) is 5.92 Å². The number of phenolic OH excluding ortho intramolecular Hbond substituents is 1. The lowest BCUT2D eigenvalue weighted by atomic mass is 10.0. The number of nitrogens with two attached hydrogens (primary N) is 1. The Morgan fingerprint density at radius 1 is 1.43 bits per heavy atom. The van der Waals surface area contributed by atoms with Gasteiger partial charge in [0.1, 0.15) is 5.75 Å². The van der Waals surface area contributed by atoms with Gasteiger partial charge in [0.2, 0.25) is 0 Å². The van der Waals surface area contributed by atoms with Gasteiger partial charge in [-0.3, -0.25) is 0 Å². The minimum atomic E-state index is -3.08. The van der Waals surface area contributed by atoms with Crippen molar-refractivity contribution in [2.24, 2.45) is 5.73 Å². The molecule has 1 aromatic rings. The van der Waals surface area contributed by atoms with Crippen LogP contribution >= 0.6 is 15.9 Å². The summed E-state index contributed by atoms with van der Waals surface area (Å²) in [6, 6.07) is 4.14. The van der Waals surface area contributed by atoms with Gasteiger partial charge in [-0.2, -0.15) is 0 Å². The largest absolute Gasteiger partial charge is 0.506 e. The quantitative estimate of drug-likeness (QED) is 0.883. The zero-order chi connectivity index (χ0) is 10.8. The molecule has 0 atom stereocenters. The molecule has 0 amide bonds. The van der Waals surface area contributed by atoms with Crippen LogP contribution in [0.3, 0.4) is 0 Å². The molecule has 78 valence electrons. The average Bonchev–Trinajstić information content (AvgIpc) is 2.09. The molecule has 0 bridgehead atoms. The molecule has 2 nitrogen and oxygen atoms in total. The van der Waals surface area contributed by atoms with Gasteiger partial charge in [-0.15, -0.1) is 0 Å². The number of alkyl halides is 2. The molecule has 1 aromatic carbocycles. The smallest absolute Gasteiger partial charge is 0.278 e. The maximum Gasteiger partial charge on any atom is 0.278 e.